The van der Waals surface area contributed by atoms with Crippen molar-refractivity contribution in [1.82, 2.24) is 9.97 Å². The van der Waals surface area contributed by atoms with Gasteiger partial charge in [0.25, 0.3) is 0 Å². The number of pyridine rings is 1. The first-order chi connectivity index (χ1) is 6.79. The summed E-state index contributed by atoms with van der Waals surface area (Å²) in [7, 11) is 0. The first kappa shape index (κ1) is 9.76. The average Bonchev–Trinajstić information content (AvgIpc) is 2.66. The Morgan fingerprint density at radius 3 is 2.93 bits per heavy atom. The molecule has 72 valence electrons. The van der Waals surface area contributed by atoms with Gasteiger partial charge in [-0.15, -0.1) is 11.3 Å². The van der Waals surface area contributed by atoms with Crippen molar-refractivity contribution < 1.29 is 0 Å². The average molecular weight is 270 g/mol. The molecule has 0 fully saturated rings. The Bertz CT molecular complexity index is 441. The van der Waals surface area contributed by atoms with Crippen LogP contribution >= 0.6 is 27.3 Å². The Labute approximate surface area is 94.1 Å². The summed E-state index contributed by atoms with van der Waals surface area (Å²) in [5.41, 5.74) is 7.43. The van der Waals surface area contributed by atoms with Crippen molar-refractivity contribution in [2.75, 3.05) is 0 Å². The predicted octanol–water partition coefficient (Wildman–Crippen LogP) is 2.43. The van der Waals surface area contributed by atoms with Gasteiger partial charge in [-0.05, 0) is 22.0 Å². The Balaban J connectivity index is 2.39. The molecular formula is C9H8BrN3S. The highest BCUT2D eigenvalue weighted by Crippen LogP contribution is 2.24. The van der Waals surface area contributed by atoms with Crippen LogP contribution in [0.2, 0.25) is 0 Å². The van der Waals surface area contributed by atoms with Crippen LogP contribution < -0.4 is 5.73 Å². The number of aromatic nitrogens is 2. The topological polar surface area (TPSA) is 51.8 Å². The molecule has 0 radical (unpaired) electrons. The molecule has 0 amide bonds. The van der Waals surface area contributed by atoms with Gasteiger partial charge in [0, 0.05) is 34.4 Å². The second kappa shape index (κ2) is 4.16. The fourth-order valence-corrected chi connectivity index (χ4v) is 2.24. The van der Waals surface area contributed by atoms with Crippen molar-refractivity contribution in [2.24, 2.45) is 5.73 Å². The fourth-order valence-electron chi connectivity index (χ4n) is 1.06. The minimum absolute atomic E-state index is 0.484. The maximum atomic E-state index is 5.49. The van der Waals surface area contributed by atoms with Crippen molar-refractivity contribution >= 4 is 27.3 Å². The fraction of sp³-hybridized carbons (Fsp3) is 0.111. The van der Waals surface area contributed by atoms with Gasteiger partial charge in [0.1, 0.15) is 5.01 Å². The van der Waals surface area contributed by atoms with Gasteiger partial charge in [-0.1, -0.05) is 0 Å². The molecule has 0 bridgehead atoms. The smallest absolute Gasteiger partial charge is 0.125 e. The number of halogens is 1. The van der Waals surface area contributed by atoms with E-state index in [-0.39, 0.29) is 0 Å². The number of nitrogens with two attached hydrogens (primary N) is 1. The van der Waals surface area contributed by atoms with Crippen molar-refractivity contribution in [1.29, 1.82) is 0 Å². The van der Waals surface area contributed by atoms with Crippen LogP contribution in [0.3, 0.4) is 0 Å². The number of hydrogen-bond donors (Lipinski definition) is 1. The van der Waals surface area contributed by atoms with Crippen LogP contribution in [0.1, 0.15) is 5.69 Å². The van der Waals surface area contributed by atoms with Crippen LogP contribution in [0.4, 0.5) is 0 Å². The summed E-state index contributed by atoms with van der Waals surface area (Å²) in [6, 6.07) is 1.99. The molecule has 0 atom stereocenters. The third kappa shape index (κ3) is 2.00. The predicted molar refractivity (Wildman–Crippen MR) is 60.9 cm³/mol. The van der Waals surface area contributed by atoms with E-state index in [9.17, 15) is 0 Å². The lowest BCUT2D eigenvalue weighted by Gasteiger charge is -1.95. The van der Waals surface area contributed by atoms with Crippen molar-refractivity contribution in [2.45, 2.75) is 6.54 Å². The molecule has 2 N–H and O–H groups in total. The van der Waals surface area contributed by atoms with Crippen LogP contribution in [-0.4, -0.2) is 9.97 Å². The Morgan fingerprint density at radius 1 is 1.43 bits per heavy atom. The van der Waals surface area contributed by atoms with E-state index in [0.29, 0.717) is 6.54 Å². The van der Waals surface area contributed by atoms with E-state index in [1.807, 2.05) is 11.4 Å². The monoisotopic (exact) mass is 269 g/mol. The van der Waals surface area contributed by atoms with Crippen LogP contribution in [0, 0.1) is 0 Å². The third-order valence-corrected chi connectivity index (χ3v) is 3.09. The van der Waals surface area contributed by atoms with Crippen molar-refractivity contribution in [3.8, 4) is 10.6 Å². The molecule has 0 aliphatic carbocycles. The van der Waals surface area contributed by atoms with E-state index in [1.165, 1.54) is 0 Å². The molecule has 14 heavy (non-hydrogen) atoms. The van der Waals surface area contributed by atoms with Crippen LogP contribution in [0.15, 0.2) is 28.3 Å². The number of nitrogens with zero attached hydrogens (tertiary/aromatic N) is 2. The van der Waals surface area contributed by atoms with Crippen LogP contribution in [-0.2, 0) is 6.54 Å². The van der Waals surface area contributed by atoms with Crippen molar-refractivity contribution in [3.05, 3.63) is 34.0 Å². The summed E-state index contributed by atoms with van der Waals surface area (Å²) < 4.78 is 0.958. The molecule has 2 aromatic heterocycles. The number of thiazole rings is 1. The molecule has 0 saturated heterocycles. The van der Waals surface area contributed by atoms with E-state index >= 15 is 0 Å². The number of rotatable bonds is 2. The molecule has 0 aliphatic heterocycles. The van der Waals surface area contributed by atoms with Gasteiger partial charge >= 0.3 is 0 Å². The van der Waals surface area contributed by atoms with E-state index < -0.39 is 0 Å². The highest BCUT2D eigenvalue weighted by Gasteiger charge is 2.04. The maximum Gasteiger partial charge on any atom is 0.125 e. The summed E-state index contributed by atoms with van der Waals surface area (Å²) in [5, 5.41) is 2.93. The maximum absolute atomic E-state index is 5.49. The van der Waals surface area contributed by atoms with Crippen molar-refractivity contribution in [3.63, 3.8) is 0 Å². The Kier molecular flexibility index (Phi) is 2.90. The largest absolute Gasteiger partial charge is 0.325 e. The van der Waals surface area contributed by atoms with Crippen LogP contribution in [0.5, 0.6) is 0 Å². The molecule has 0 saturated carbocycles. The van der Waals surface area contributed by atoms with Gasteiger partial charge in [-0.25, -0.2) is 4.98 Å². The lowest BCUT2D eigenvalue weighted by Crippen LogP contribution is -1.95. The highest BCUT2D eigenvalue weighted by atomic mass is 79.9. The number of hydrogen-bond acceptors (Lipinski definition) is 4. The van der Waals surface area contributed by atoms with Gasteiger partial charge in [0.2, 0.25) is 0 Å². The standard InChI is InChI=1S/C9H8BrN3S/c10-7-1-6(3-12-4-7)9-13-8(2-11)5-14-9/h1,3-5H,2,11H2. The molecule has 0 aromatic carbocycles. The Morgan fingerprint density at radius 2 is 2.29 bits per heavy atom. The molecule has 2 rings (SSSR count). The van der Waals surface area contributed by atoms with E-state index in [1.54, 1.807) is 23.7 Å². The van der Waals surface area contributed by atoms with E-state index in [2.05, 4.69) is 25.9 Å². The first-order valence-corrected chi connectivity index (χ1v) is 5.72. The summed E-state index contributed by atoms with van der Waals surface area (Å²) in [6.07, 6.45) is 3.55. The normalized spacial score (nSPS) is 10.4. The highest BCUT2D eigenvalue weighted by molar-refractivity contribution is 9.10. The minimum Gasteiger partial charge on any atom is -0.325 e. The Hall–Kier alpha value is -0.780. The SMILES string of the molecule is NCc1csc(-c2cncc(Br)c2)n1. The molecule has 2 aromatic rings. The lowest BCUT2D eigenvalue weighted by molar-refractivity contribution is 1.01. The van der Waals surface area contributed by atoms with Gasteiger partial charge in [-0.2, -0.15) is 0 Å². The molecule has 2 heterocycles. The summed E-state index contributed by atoms with van der Waals surface area (Å²) in [4.78, 5) is 8.46. The summed E-state index contributed by atoms with van der Waals surface area (Å²) in [6.45, 7) is 0.484. The molecule has 0 aliphatic rings. The van der Waals surface area contributed by atoms with E-state index in [0.717, 1.165) is 20.7 Å². The molecule has 3 nitrogen and oxygen atoms in total. The van der Waals surface area contributed by atoms with Gasteiger partial charge in [0.05, 0.1) is 5.69 Å². The second-order valence-corrected chi connectivity index (χ2v) is 4.51. The molecule has 5 heteroatoms. The quantitative estimate of drug-likeness (QED) is 0.911. The summed E-state index contributed by atoms with van der Waals surface area (Å²) in [5.74, 6) is 0. The zero-order valence-corrected chi connectivity index (χ0v) is 9.68. The zero-order chi connectivity index (χ0) is 9.97. The summed E-state index contributed by atoms with van der Waals surface area (Å²) >= 11 is 4.96. The van der Waals surface area contributed by atoms with E-state index in [4.69, 9.17) is 5.73 Å². The van der Waals surface area contributed by atoms with Gasteiger partial charge in [-0.3, -0.25) is 4.98 Å². The zero-order valence-electron chi connectivity index (χ0n) is 7.27. The molecule has 0 spiro atoms. The van der Waals surface area contributed by atoms with Crippen LogP contribution in [0.25, 0.3) is 10.6 Å². The second-order valence-electron chi connectivity index (χ2n) is 2.74. The lowest BCUT2D eigenvalue weighted by atomic mass is 10.3. The minimum atomic E-state index is 0.484. The molecule has 0 unspecified atom stereocenters. The van der Waals surface area contributed by atoms with Gasteiger partial charge in [0.15, 0.2) is 0 Å². The molecular weight excluding hydrogens is 262 g/mol. The first-order valence-electron chi connectivity index (χ1n) is 4.05. The van der Waals surface area contributed by atoms with Gasteiger partial charge < -0.3 is 5.73 Å². The third-order valence-electron chi connectivity index (χ3n) is 1.71.